The van der Waals surface area contributed by atoms with Gasteiger partial charge in [-0.1, -0.05) is 0 Å². The van der Waals surface area contributed by atoms with Crippen LogP contribution in [0.1, 0.15) is 42.7 Å². The number of benzene rings is 1. The number of rotatable bonds is 2. The molecule has 3 heterocycles. The van der Waals surface area contributed by atoms with Gasteiger partial charge in [0.15, 0.2) is 0 Å². The molecule has 1 amide bonds. The second kappa shape index (κ2) is 6.63. The van der Waals surface area contributed by atoms with E-state index < -0.39 is 0 Å². The van der Waals surface area contributed by atoms with Crippen molar-refractivity contribution < 1.29 is 9.18 Å². The van der Waals surface area contributed by atoms with Crippen LogP contribution in [0.5, 0.6) is 0 Å². The van der Waals surface area contributed by atoms with Gasteiger partial charge in [-0.25, -0.2) is 4.39 Å². The van der Waals surface area contributed by atoms with E-state index in [9.17, 15) is 9.18 Å². The average Bonchev–Trinajstić information content (AvgIpc) is 2.91. The van der Waals surface area contributed by atoms with Crippen LogP contribution >= 0.6 is 0 Å². The number of hydrogen-bond donors (Lipinski definition) is 0. The van der Waals surface area contributed by atoms with E-state index in [1.54, 1.807) is 6.20 Å². The molecular weight excluding hydrogens is 341 g/mol. The standard InChI is InChI=1S/C22H26FN3O/c1-15-19(5-4-11-24-15)21(27)25-12-10-20-16(14-25)13-22(2,3)26(20)18-8-6-17(23)7-9-18/h4-9,11,16,20H,10,12-14H2,1-3H3/t16-,20+/m1/s1. The van der Waals surface area contributed by atoms with Crippen molar-refractivity contribution in [1.82, 2.24) is 9.88 Å². The van der Waals surface area contributed by atoms with Crippen LogP contribution in [-0.2, 0) is 0 Å². The molecule has 0 aliphatic carbocycles. The highest BCUT2D eigenvalue weighted by molar-refractivity contribution is 5.95. The first-order chi connectivity index (χ1) is 12.9. The highest BCUT2D eigenvalue weighted by Gasteiger charge is 2.48. The number of anilines is 1. The predicted molar refractivity (Wildman–Crippen MR) is 104 cm³/mol. The van der Waals surface area contributed by atoms with Crippen molar-refractivity contribution >= 4 is 11.6 Å². The summed E-state index contributed by atoms with van der Waals surface area (Å²) in [6.07, 6.45) is 3.67. The molecule has 5 heteroatoms. The SMILES string of the molecule is Cc1ncccc1C(=O)N1CC[C@H]2[C@@H](C1)CC(C)(C)N2c1ccc(F)cc1. The molecule has 4 nitrogen and oxygen atoms in total. The summed E-state index contributed by atoms with van der Waals surface area (Å²) in [6, 6.07) is 10.9. The van der Waals surface area contributed by atoms with Crippen LogP contribution in [0.3, 0.4) is 0 Å². The second-order valence-electron chi connectivity index (χ2n) is 8.37. The maximum absolute atomic E-state index is 13.4. The van der Waals surface area contributed by atoms with E-state index in [0.29, 0.717) is 17.5 Å². The molecule has 27 heavy (non-hydrogen) atoms. The normalized spacial score (nSPS) is 24.0. The number of aromatic nitrogens is 1. The highest BCUT2D eigenvalue weighted by Crippen LogP contribution is 2.44. The van der Waals surface area contributed by atoms with Crippen molar-refractivity contribution in [1.29, 1.82) is 0 Å². The molecule has 4 rings (SSSR count). The molecule has 0 spiro atoms. The molecule has 2 atom stereocenters. The largest absolute Gasteiger partial charge is 0.363 e. The van der Waals surface area contributed by atoms with Gasteiger partial charge >= 0.3 is 0 Å². The lowest BCUT2D eigenvalue weighted by Crippen LogP contribution is -2.50. The van der Waals surface area contributed by atoms with Crippen molar-refractivity contribution in [2.75, 3.05) is 18.0 Å². The van der Waals surface area contributed by atoms with Gasteiger partial charge in [-0.05, 0) is 75.9 Å². The summed E-state index contributed by atoms with van der Waals surface area (Å²) in [5.41, 5.74) is 2.53. The first kappa shape index (κ1) is 18.0. The van der Waals surface area contributed by atoms with Crippen LogP contribution in [0.25, 0.3) is 0 Å². The maximum Gasteiger partial charge on any atom is 0.255 e. The Hall–Kier alpha value is -2.43. The van der Waals surface area contributed by atoms with Gasteiger partial charge in [0.2, 0.25) is 0 Å². The topological polar surface area (TPSA) is 36.4 Å². The molecule has 0 radical (unpaired) electrons. The van der Waals surface area contributed by atoms with Crippen LogP contribution in [0.4, 0.5) is 10.1 Å². The minimum absolute atomic E-state index is 0.0174. The van der Waals surface area contributed by atoms with Gasteiger partial charge in [0.25, 0.3) is 5.91 Å². The van der Waals surface area contributed by atoms with Gasteiger partial charge in [0.05, 0.1) is 5.56 Å². The third-order valence-electron chi connectivity index (χ3n) is 6.07. The van der Waals surface area contributed by atoms with Gasteiger partial charge in [0.1, 0.15) is 5.82 Å². The number of amides is 1. The lowest BCUT2D eigenvalue weighted by molar-refractivity contribution is 0.0666. The number of nitrogens with zero attached hydrogens (tertiary/aromatic N) is 3. The summed E-state index contributed by atoms with van der Waals surface area (Å²) in [7, 11) is 0. The molecule has 0 bridgehead atoms. The van der Waals surface area contributed by atoms with Crippen molar-refractivity contribution in [3.05, 3.63) is 59.7 Å². The molecule has 1 aromatic carbocycles. The summed E-state index contributed by atoms with van der Waals surface area (Å²) in [6.45, 7) is 7.87. The number of hydrogen-bond acceptors (Lipinski definition) is 3. The zero-order valence-electron chi connectivity index (χ0n) is 16.2. The van der Waals surface area contributed by atoms with Crippen molar-refractivity contribution in [2.24, 2.45) is 5.92 Å². The maximum atomic E-state index is 13.4. The lowest BCUT2D eigenvalue weighted by atomic mass is 9.89. The molecule has 2 saturated heterocycles. The molecule has 0 saturated carbocycles. The van der Waals surface area contributed by atoms with Gasteiger partial charge in [-0.15, -0.1) is 0 Å². The Morgan fingerprint density at radius 2 is 1.96 bits per heavy atom. The van der Waals surface area contributed by atoms with Gasteiger partial charge in [-0.2, -0.15) is 0 Å². The summed E-state index contributed by atoms with van der Waals surface area (Å²) >= 11 is 0. The lowest BCUT2D eigenvalue weighted by Gasteiger charge is -2.42. The monoisotopic (exact) mass is 367 g/mol. The number of carbonyl (C=O) groups excluding carboxylic acids is 1. The first-order valence-corrected chi connectivity index (χ1v) is 9.62. The van der Waals surface area contributed by atoms with E-state index in [1.165, 1.54) is 12.1 Å². The molecule has 2 aliphatic heterocycles. The second-order valence-corrected chi connectivity index (χ2v) is 8.37. The average molecular weight is 367 g/mol. The molecular formula is C22H26FN3O. The number of fused-ring (bicyclic) bond motifs is 1. The van der Waals surface area contributed by atoms with Gasteiger partial charge in [-0.3, -0.25) is 9.78 Å². The van der Waals surface area contributed by atoms with Gasteiger partial charge in [0, 0.05) is 42.2 Å². The van der Waals surface area contributed by atoms with E-state index in [2.05, 4.69) is 23.7 Å². The Balaban J connectivity index is 1.56. The molecule has 0 N–H and O–H groups in total. The summed E-state index contributed by atoms with van der Waals surface area (Å²) < 4.78 is 13.4. The minimum Gasteiger partial charge on any atom is -0.363 e. The number of aryl methyl sites for hydroxylation is 1. The third kappa shape index (κ3) is 3.20. The molecule has 2 aromatic rings. The minimum atomic E-state index is -0.209. The number of piperidine rings is 1. The van der Waals surface area contributed by atoms with E-state index in [-0.39, 0.29) is 17.3 Å². The number of pyridine rings is 1. The van der Waals surface area contributed by atoms with E-state index in [1.807, 2.05) is 36.1 Å². The Morgan fingerprint density at radius 1 is 1.22 bits per heavy atom. The van der Waals surface area contributed by atoms with Crippen LogP contribution in [-0.4, -0.2) is 40.5 Å². The van der Waals surface area contributed by atoms with Crippen molar-refractivity contribution in [2.45, 2.75) is 45.2 Å². The highest BCUT2D eigenvalue weighted by atomic mass is 19.1. The van der Waals surface area contributed by atoms with Crippen LogP contribution in [0.2, 0.25) is 0 Å². The van der Waals surface area contributed by atoms with E-state index in [0.717, 1.165) is 37.3 Å². The van der Waals surface area contributed by atoms with Crippen LogP contribution in [0, 0.1) is 18.7 Å². The van der Waals surface area contributed by atoms with Crippen molar-refractivity contribution in [3.8, 4) is 0 Å². The third-order valence-corrected chi connectivity index (χ3v) is 6.07. The van der Waals surface area contributed by atoms with E-state index >= 15 is 0 Å². The predicted octanol–water partition coefficient (Wildman–Crippen LogP) is 4.05. The summed E-state index contributed by atoms with van der Waals surface area (Å²) in [4.78, 5) is 21.7. The fourth-order valence-electron chi connectivity index (χ4n) is 4.96. The van der Waals surface area contributed by atoms with Crippen LogP contribution < -0.4 is 4.90 Å². The number of carbonyl (C=O) groups is 1. The molecule has 2 aliphatic rings. The zero-order valence-corrected chi connectivity index (χ0v) is 16.2. The van der Waals surface area contributed by atoms with Crippen LogP contribution in [0.15, 0.2) is 42.6 Å². The Bertz CT molecular complexity index is 849. The molecule has 0 unspecified atom stereocenters. The molecule has 1 aromatic heterocycles. The Labute approximate surface area is 160 Å². The molecule has 142 valence electrons. The number of halogens is 1. The summed E-state index contributed by atoms with van der Waals surface area (Å²) in [5.74, 6) is 0.288. The summed E-state index contributed by atoms with van der Waals surface area (Å²) in [5, 5.41) is 0. The van der Waals surface area contributed by atoms with Gasteiger partial charge < -0.3 is 9.80 Å². The Morgan fingerprint density at radius 3 is 2.67 bits per heavy atom. The van der Waals surface area contributed by atoms with E-state index in [4.69, 9.17) is 0 Å². The van der Waals surface area contributed by atoms with Crippen molar-refractivity contribution in [3.63, 3.8) is 0 Å². The number of likely N-dealkylation sites (tertiary alicyclic amines) is 1. The fraction of sp³-hybridized carbons (Fsp3) is 0.455. The quantitative estimate of drug-likeness (QED) is 0.803. The fourth-order valence-corrected chi connectivity index (χ4v) is 4.96. The Kier molecular flexibility index (Phi) is 4.41. The smallest absolute Gasteiger partial charge is 0.255 e. The zero-order chi connectivity index (χ0) is 19.2. The molecule has 2 fully saturated rings. The first-order valence-electron chi connectivity index (χ1n) is 9.62.